The largest absolute Gasteiger partial charge is 0.388 e. The standard InChI is InChI=1S/C15H12ClF2NO2/c1-2-19-14-9(6-10(16)15(19)21)12(20)4-7-3-8(17)5-11(18)13(7)14/h3,5-6,12,20H,2,4H2,1H3. The summed E-state index contributed by atoms with van der Waals surface area (Å²) in [4.78, 5) is 12.1. The van der Waals surface area contributed by atoms with Gasteiger partial charge in [-0.3, -0.25) is 4.79 Å². The molecule has 1 aliphatic rings. The van der Waals surface area contributed by atoms with Gasteiger partial charge in [0, 0.05) is 30.2 Å². The van der Waals surface area contributed by atoms with E-state index in [2.05, 4.69) is 0 Å². The normalized spacial score (nSPS) is 16.5. The van der Waals surface area contributed by atoms with Gasteiger partial charge in [0.05, 0.1) is 11.8 Å². The van der Waals surface area contributed by atoms with Crippen LogP contribution in [-0.2, 0) is 13.0 Å². The van der Waals surface area contributed by atoms with Crippen molar-refractivity contribution in [1.29, 1.82) is 0 Å². The molecule has 0 spiro atoms. The summed E-state index contributed by atoms with van der Waals surface area (Å²) in [5, 5.41) is 10.2. The van der Waals surface area contributed by atoms with Crippen molar-refractivity contribution < 1.29 is 13.9 Å². The van der Waals surface area contributed by atoms with Crippen LogP contribution in [-0.4, -0.2) is 9.67 Å². The monoisotopic (exact) mass is 311 g/mol. The lowest BCUT2D eigenvalue weighted by Crippen LogP contribution is -2.27. The molecule has 0 bridgehead atoms. The second kappa shape index (κ2) is 4.93. The fourth-order valence-corrected chi connectivity index (χ4v) is 3.08. The van der Waals surface area contributed by atoms with E-state index in [1.165, 1.54) is 16.7 Å². The maximum atomic E-state index is 14.2. The zero-order valence-electron chi connectivity index (χ0n) is 11.2. The number of pyridine rings is 1. The van der Waals surface area contributed by atoms with E-state index in [9.17, 15) is 18.7 Å². The lowest BCUT2D eigenvalue weighted by atomic mass is 9.86. The zero-order chi connectivity index (χ0) is 15.3. The summed E-state index contributed by atoms with van der Waals surface area (Å²) < 4.78 is 28.9. The minimum Gasteiger partial charge on any atom is -0.388 e. The average molecular weight is 312 g/mol. The van der Waals surface area contributed by atoms with E-state index in [0.717, 1.165) is 6.07 Å². The van der Waals surface area contributed by atoms with Crippen LogP contribution >= 0.6 is 11.6 Å². The van der Waals surface area contributed by atoms with Crippen molar-refractivity contribution in [2.75, 3.05) is 0 Å². The third-order valence-corrected chi connectivity index (χ3v) is 4.01. The molecule has 2 aromatic rings. The summed E-state index contributed by atoms with van der Waals surface area (Å²) in [6.07, 6.45) is -0.875. The molecule has 1 atom stereocenters. The number of aromatic nitrogens is 1. The molecule has 3 rings (SSSR count). The van der Waals surface area contributed by atoms with Gasteiger partial charge in [-0.05, 0) is 24.6 Å². The van der Waals surface area contributed by atoms with Gasteiger partial charge in [0.15, 0.2) is 0 Å². The van der Waals surface area contributed by atoms with Crippen molar-refractivity contribution in [1.82, 2.24) is 4.57 Å². The Kier molecular flexibility index (Phi) is 3.34. The fourth-order valence-electron chi connectivity index (χ4n) is 2.86. The number of hydrogen-bond acceptors (Lipinski definition) is 2. The van der Waals surface area contributed by atoms with Gasteiger partial charge in [0.1, 0.15) is 16.7 Å². The molecule has 21 heavy (non-hydrogen) atoms. The Bertz CT molecular complexity index is 801. The quantitative estimate of drug-likeness (QED) is 0.879. The SMILES string of the molecule is CCn1c2c(cc(Cl)c1=O)C(O)Cc1cc(F)cc(F)c1-2. The number of benzene rings is 1. The van der Waals surface area contributed by atoms with Gasteiger partial charge in [-0.15, -0.1) is 0 Å². The van der Waals surface area contributed by atoms with Gasteiger partial charge >= 0.3 is 0 Å². The highest BCUT2D eigenvalue weighted by Crippen LogP contribution is 2.40. The molecule has 1 N–H and O–H groups in total. The second-order valence-corrected chi connectivity index (χ2v) is 5.39. The van der Waals surface area contributed by atoms with Gasteiger partial charge in [-0.2, -0.15) is 0 Å². The van der Waals surface area contributed by atoms with Crippen LogP contribution in [0.15, 0.2) is 23.0 Å². The molecular weight excluding hydrogens is 300 g/mol. The third kappa shape index (κ3) is 2.08. The summed E-state index contributed by atoms with van der Waals surface area (Å²) in [7, 11) is 0. The first-order chi connectivity index (χ1) is 9.93. The number of halogens is 3. The van der Waals surface area contributed by atoms with Crippen LogP contribution in [0.25, 0.3) is 11.3 Å². The second-order valence-electron chi connectivity index (χ2n) is 4.99. The fraction of sp³-hybridized carbons (Fsp3) is 0.267. The van der Waals surface area contributed by atoms with Crippen molar-refractivity contribution in [3.63, 3.8) is 0 Å². The summed E-state index contributed by atoms with van der Waals surface area (Å²) >= 11 is 5.89. The van der Waals surface area contributed by atoms with Crippen LogP contribution in [0.2, 0.25) is 5.02 Å². The van der Waals surface area contributed by atoms with Gasteiger partial charge in [0.25, 0.3) is 5.56 Å². The van der Waals surface area contributed by atoms with E-state index < -0.39 is 23.3 Å². The van der Waals surface area contributed by atoms with Crippen LogP contribution in [0.1, 0.15) is 24.2 Å². The maximum absolute atomic E-state index is 14.2. The third-order valence-electron chi connectivity index (χ3n) is 3.74. The molecule has 1 aromatic carbocycles. The number of fused-ring (bicyclic) bond motifs is 3. The van der Waals surface area contributed by atoms with E-state index in [1.807, 2.05) is 0 Å². The smallest absolute Gasteiger partial charge is 0.269 e. The first-order valence-corrected chi connectivity index (χ1v) is 6.91. The van der Waals surface area contributed by atoms with Crippen LogP contribution in [0.3, 0.4) is 0 Å². The van der Waals surface area contributed by atoms with E-state index in [1.54, 1.807) is 6.92 Å². The molecule has 0 saturated carbocycles. The highest BCUT2D eigenvalue weighted by atomic mass is 35.5. The van der Waals surface area contributed by atoms with E-state index in [0.29, 0.717) is 11.1 Å². The summed E-state index contributed by atoms with van der Waals surface area (Å²) in [5.74, 6) is -1.46. The molecule has 110 valence electrons. The number of nitrogens with zero attached hydrogens (tertiary/aromatic N) is 1. The molecule has 1 aromatic heterocycles. The Morgan fingerprint density at radius 1 is 1.38 bits per heavy atom. The summed E-state index contributed by atoms with van der Waals surface area (Å²) in [5.41, 5.74) is 0.711. The molecule has 1 heterocycles. The van der Waals surface area contributed by atoms with E-state index in [-0.39, 0.29) is 29.2 Å². The predicted octanol–water partition coefficient (Wildman–Crippen LogP) is 3.06. The molecule has 0 radical (unpaired) electrons. The summed E-state index contributed by atoms with van der Waals surface area (Å²) in [6, 6.07) is 3.32. The first kappa shape index (κ1) is 14.2. The van der Waals surface area contributed by atoms with Crippen LogP contribution in [0, 0.1) is 11.6 Å². The number of aliphatic hydroxyl groups is 1. The summed E-state index contributed by atoms with van der Waals surface area (Å²) in [6.45, 7) is 1.99. The molecule has 6 heteroatoms. The van der Waals surface area contributed by atoms with Crippen molar-refractivity contribution >= 4 is 11.6 Å². The number of rotatable bonds is 1. The first-order valence-electron chi connectivity index (χ1n) is 6.53. The molecule has 1 unspecified atom stereocenters. The Hall–Kier alpha value is -1.72. The zero-order valence-corrected chi connectivity index (χ0v) is 11.9. The molecule has 0 amide bonds. The Labute approximate surface area is 124 Å². The predicted molar refractivity (Wildman–Crippen MR) is 75.4 cm³/mol. The highest BCUT2D eigenvalue weighted by Gasteiger charge is 2.30. The Morgan fingerprint density at radius 3 is 2.76 bits per heavy atom. The van der Waals surface area contributed by atoms with Crippen molar-refractivity contribution in [2.24, 2.45) is 0 Å². The number of aliphatic hydroxyl groups excluding tert-OH is 1. The topological polar surface area (TPSA) is 42.2 Å². The molecule has 0 saturated heterocycles. The Morgan fingerprint density at radius 2 is 2.10 bits per heavy atom. The minimum absolute atomic E-state index is 0.0272. The van der Waals surface area contributed by atoms with Crippen LogP contribution < -0.4 is 5.56 Å². The van der Waals surface area contributed by atoms with Crippen molar-refractivity contribution in [3.05, 3.63) is 56.3 Å². The minimum atomic E-state index is -0.954. The van der Waals surface area contributed by atoms with Gasteiger partial charge in [-0.25, -0.2) is 8.78 Å². The van der Waals surface area contributed by atoms with Gasteiger partial charge in [-0.1, -0.05) is 11.6 Å². The lowest BCUT2D eigenvalue weighted by Gasteiger charge is -2.27. The molecule has 0 fully saturated rings. The van der Waals surface area contributed by atoms with Crippen molar-refractivity contribution in [3.8, 4) is 11.3 Å². The number of hydrogen-bond donors (Lipinski definition) is 1. The molecule has 0 aliphatic heterocycles. The lowest BCUT2D eigenvalue weighted by molar-refractivity contribution is 0.176. The van der Waals surface area contributed by atoms with E-state index in [4.69, 9.17) is 11.6 Å². The molecule has 1 aliphatic carbocycles. The molecular formula is C15H12ClF2NO2. The van der Waals surface area contributed by atoms with Gasteiger partial charge < -0.3 is 9.67 Å². The van der Waals surface area contributed by atoms with Crippen molar-refractivity contribution in [2.45, 2.75) is 26.0 Å². The van der Waals surface area contributed by atoms with Crippen LogP contribution in [0.4, 0.5) is 8.78 Å². The maximum Gasteiger partial charge on any atom is 0.269 e. The highest BCUT2D eigenvalue weighted by molar-refractivity contribution is 6.30. The van der Waals surface area contributed by atoms with Crippen LogP contribution in [0.5, 0.6) is 0 Å². The van der Waals surface area contributed by atoms with Gasteiger partial charge in [0.2, 0.25) is 0 Å². The molecule has 3 nitrogen and oxygen atoms in total. The average Bonchev–Trinajstić information content (AvgIpc) is 2.40. The van der Waals surface area contributed by atoms with E-state index >= 15 is 0 Å². The Balaban J connectivity index is 2.46.